The first kappa shape index (κ1) is 14.9. The van der Waals surface area contributed by atoms with Crippen molar-refractivity contribution in [2.75, 3.05) is 13.1 Å². The summed E-state index contributed by atoms with van der Waals surface area (Å²) < 4.78 is 7.68. The van der Waals surface area contributed by atoms with Gasteiger partial charge in [0.2, 0.25) is 0 Å². The number of benzene rings is 1. The maximum absolute atomic E-state index is 13.3. The second kappa shape index (κ2) is 5.58. The van der Waals surface area contributed by atoms with E-state index in [1.807, 2.05) is 34.9 Å². The van der Waals surface area contributed by atoms with E-state index < -0.39 is 0 Å². The van der Waals surface area contributed by atoms with E-state index in [4.69, 9.17) is 4.42 Å². The van der Waals surface area contributed by atoms with Crippen LogP contribution in [-0.2, 0) is 13.2 Å². The average molecular weight is 336 g/mol. The lowest BCUT2D eigenvalue weighted by molar-refractivity contribution is 0.253. The second-order valence-electron chi connectivity index (χ2n) is 7.15. The topological polar surface area (TPSA) is 67.4 Å². The van der Waals surface area contributed by atoms with Crippen LogP contribution in [-0.4, -0.2) is 22.8 Å². The molecule has 1 aromatic carbocycles. The van der Waals surface area contributed by atoms with Gasteiger partial charge in [-0.3, -0.25) is 4.79 Å². The summed E-state index contributed by atoms with van der Waals surface area (Å²) in [6, 6.07) is 9.81. The van der Waals surface area contributed by atoms with Gasteiger partial charge in [-0.2, -0.15) is 0 Å². The molecule has 2 aromatic heterocycles. The van der Waals surface area contributed by atoms with Crippen molar-refractivity contribution >= 4 is 10.8 Å². The molecular weight excluding hydrogens is 316 g/mol. The highest BCUT2D eigenvalue weighted by molar-refractivity contribution is 5.94. The highest BCUT2D eigenvalue weighted by Crippen LogP contribution is 2.36. The van der Waals surface area contributed by atoms with Crippen molar-refractivity contribution in [1.82, 2.24) is 9.88 Å². The van der Waals surface area contributed by atoms with E-state index in [1.165, 1.54) is 0 Å². The number of aliphatic hydroxyl groups excluding tert-OH is 1. The Labute approximate surface area is 144 Å². The first-order valence-corrected chi connectivity index (χ1v) is 8.81. The molecule has 3 aromatic rings. The molecule has 0 radical (unpaired) electrons. The van der Waals surface area contributed by atoms with Crippen LogP contribution in [0.1, 0.15) is 23.6 Å². The predicted molar refractivity (Wildman–Crippen MR) is 95.6 cm³/mol. The van der Waals surface area contributed by atoms with Crippen molar-refractivity contribution in [3.63, 3.8) is 0 Å². The van der Waals surface area contributed by atoms with Crippen LogP contribution < -0.4 is 10.9 Å². The third kappa shape index (κ3) is 2.19. The first-order valence-electron chi connectivity index (χ1n) is 8.81. The number of aromatic nitrogens is 1. The molecule has 0 saturated carbocycles. The zero-order chi connectivity index (χ0) is 17.0. The summed E-state index contributed by atoms with van der Waals surface area (Å²) in [7, 11) is 0. The molecule has 0 aliphatic carbocycles. The van der Waals surface area contributed by atoms with Gasteiger partial charge in [-0.15, -0.1) is 0 Å². The van der Waals surface area contributed by atoms with Gasteiger partial charge in [0.25, 0.3) is 5.56 Å². The first-order chi connectivity index (χ1) is 12.3. The van der Waals surface area contributed by atoms with Gasteiger partial charge in [0.05, 0.1) is 18.4 Å². The van der Waals surface area contributed by atoms with Crippen LogP contribution in [0.15, 0.2) is 45.8 Å². The number of furan rings is 1. The highest BCUT2D eigenvalue weighted by Gasteiger charge is 2.33. The summed E-state index contributed by atoms with van der Waals surface area (Å²) >= 11 is 0. The van der Waals surface area contributed by atoms with Crippen LogP contribution in [0.25, 0.3) is 22.1 Å². The van der Waals surface area contributed by atoms with Crippen LogP contribution in [0.2, 0.25) is 0 Å². The van der Waals surface area contributed by atoms with Gasteiger partial charge >= 0.3 is 0 Å². The maximum atomic E-state index is 13.3. The quantitative estimate of drug-likeness (QED) is 0.754. The second-order valence-corrected chi connectivity index (χ2v) is 7.15. The third-order valence-electron chi connectivity index (χ3n) is 5.62. The van der Waals surface area contributed by atoms with E-state index in [0.29, 0.717) is 28.7 Å². The van der Waals surface area contributed by atoms with E-state index in [-0.39, 0.29) is 12.2 Å². The molecule has 2 atom stereocenters. The predicted octanol–water partition coefficient (Wildman–Crippen LogP) is 2.46. The summed E-state index contributed by atoms with van der Waals surface area (Å²) in [4.78, 5) is 13.3. The molecule has 5 rings (SSSR count). The molecule has 5 nitrogen and oxygen atoms in total. The molecule has 1 saturated heterocycles. The summed E-state index contributed by atoms with van der Waals surface area (Å²) in [5.74, 6) is 1.40. The number of rotatable bonds is 2. The molecule has 4 heterocycles. The van der Waals surface area contributed by atoms with Gasteiger partial charge in [-0.05, 0) is 30.5 Å². The largest absolute Gasteiger partial charge is 0.463 e. The molecule has 1 fully saturated rings. The lowest BCUT2D eigenvalue weighted by atomic mass is 9.83. The van der Waals surface area contributed by atoms with E-state index in [2.05, 4.69) is 5.32 Å². The average Bonchev–Trinajstić information content (AvgIpc) is 3.06. The molecule has 0 spiro atoms. The zero-order valence-electron chi connectivity index (χ0n) is 13.9. The minimum absolute atomic E-state index is 0.0433. The maximum Gasteiger partial charge on any atom is 0.262 e. The van der Waals surface area contributed by atoms with Gasteiger partial charge in [-0.25, -0.2) is 0 Å². The molecule has 2 aliphatic rings. The van der Waals surface area contributed by atoms with Crippen molar-refractivity contribution in [3.05, 3.63) is 58.2 Å². The Bertz CT molecular complexity index is 1020. The van der Waals surface area contributed by atoms with Gasteiger partial charge < -0.3 is 19.4 Å². The Kier molecular flexibility index (Phi) is 3.33. The minimum atomic E-state index is -0.170. The van der Waals surface area contributed by atoms with E-state index >= 15 is 0 Å². The lowest BCUT2D eigenvalue weighted by Gasteiger charge is -2.38. The SMILES string of the molecule is O=c1c(-c2occ3ccccc23)c(CO)cc2n1CC1CNCC2C1. The van der Waals surface area contributed by atoms with Gasteiger partial charge in [0.1, 0.15) is 5.76 Å². The van der Waals surface area contributed by atoms with Crippen LogP contribution in [0.3, 0.4) is 0 Å². The molecule has 2 bridgehead atoms. The van der Waals surface area contributed by atoms with Gasteiger partial charge in [0, 0.05) is 35.5 Å². The fourth-order valence-corrected chi connectivity index (χ4v) is 4.45. The number of aliphatic hydroxyl groups is 1. The van der Waals surface area contributed by atoms with Gasteiger partial charge in [0.15, 0.2) is 0 Å². The van der Waals surface area contributed by atoms with E-state index in [0.717, 1.165) is 42.5 Å². The van der Waals surface area contributed by atoms with Crippen LogP contribution in [0.5, 0.6) is 0 Å². The third-order valence-corrected chi connectivity index (χ3v) is 5.62. The molecule has 25 heavy (non-hydrogen) atoms. The number of nitrogens with one attached hydrogen (secondary N) is 1. The van der Waals surface area contributed by atoms with Crippen molar-refractivity contribution in [3.8, 4) is 11.3 Å². The normalized spacial score (nSPS) is 22.1. The number of pyridine rings is 1. The molecule has 0 amide bonds. The summed E-state index contributed by atoms with van der Waals surface area (Å²) in [5.41, 5.74) is 2.15. The standard InChI is InChI=1S/C20H20N2O3/c23-10-15-6-17-14-5-12(7-21-8-14)9-22(17)20(24)18(15)19-16-4-2-1-3-13(16)11-25-19/h1-4,6,11-12,14,21,23H,5,7-10H2. The summed E-state index contributed by atoms with van der Waals surface area (Å²) in [6.45, 7) is 2.42. The minimum Gasteiger partial charge on any atom is -0.463 e. The Balaban J connectivity index is 1.78. The van der Waals surface area contributed by atoms with E-state index in [9.17, 15) is 9.90 Å². The summed E-state index contributed by atoms with van der Waals surface area (Å²) in [5, 5.41) is 15.3. The van der Waals surface area contributed by atoms with E-state index in [1.54, 1.807) is 6.26 Å². The number of nitrogens with zero attached hydrogens (tertiary/aromatic N) is 1. The molecule has 2 unspecified atom stereocenters. The number of hydrogen-bond acceptors (Lipinski definition) is 4. The molecule has 128 valence electrons. The van der Waals surface area contributed by atoms with Crippen LogP contribution >= 0.6 is 0 Å². The Morgan fingerprint density at radius 3 is 3.04 bits per heavy atom. The number of fused-ring (bicyclic) bond motifs is 5. The fourth-order valence-electron chi connectivity index (χ4n) is 4.45. The fraction of sp³-hybridized carbons (Fsp3) is 0.350. The van der Waals surface area contributed by atoms with Crippen molar-refractivity contribution in [2.45, 2.75) is 25.5 Å². The van der Waals surface area contributed by atoms with Crippen molar-refractivity contribution < 1.29 is 9.52 Å². The smallest absolute Gasteiger partial charge is 0.262 e. The molecule has 2 aliphatic heterocycles. The molecule has 5 heteroatoms. The highest BCUT2D eigenvalue weighted by atomic mass is 16.3. The molecule has 2 N–H and O–H groups in total. The Morgan fingerprint density at radius 1 is 1.28 bits per heavy atom. The molecular formula is C20H20N2O3. The Hall–Kier alpha value is -2.37. The Morgan fingerprint density at radius 2 is 2.16 bits per heavy atom. The summed E-state index contributed by atoms with van der Waals surface area (Å²) in [6.07, 6.45) is 2.79. The lowest BCUT2D eigenvalue weighted by Crippen LogP contribution is -2.45. The number of hydrogen-bond donors (Lipinski definition) is 2. The zero-order valence-corrected chi connectivity index (χ0v) is 13.9. The van der Waals surface area contributed by atoms with Crippen molar-refractivity contribution in [1.29, 1.82) is 0 Å². The van der Waals surface area contributed by atoms with Crippen LogP contribution in [0, 0.1) is 5.92 Å². The van der Waals surface area contributed by atoms with Crippen LogP contribution in [0.4, 0.5) is 0 Å². The monoisotopic (exact) mass is 336 g/mol. The van der Waals surface area contributed by atoms with Gasteiger partial charge in [-0.1, -0.05) is 24.3 Å². The van der Waals surface area contributed by atoms with Crippen molar-refractivity contribution in [2.24, 2.45) is 5.92 Å². The number of piperidine rings is 1.